The van der Waals surface area contributed by atoms with E-state index in [-0.39, 0.29) is 5.91 Å². The van der Waals surface area contributed by atoms with E-state index in [1.807, 2.05) is 42.1 Å². The van der Waals surface area contributed by atoms with Crippen molar-refractivity contribution in [2.45, 2.75) is 13.8 Å². The summed E-state index contributed by atoms with van der Waals surface area (Å²) >= 11 is 0. The summed E-state index contributed by atoms with van der Waals surface area (Å²) in [6.45, 7) is 3.57. The van der Waals surface area contributed by atoms with Crippen molar-refractivity contribution in [3.63, 3.8) is 0 Å². The summed E-state index contributed by atoms with van der Waals surface area (Å²) in [4.78, 5) is 12.3. The van der Waals surface area contributed by atoms with E-state index in [1.165, 1.54) is 0 Å². The number of aryl methyl sites for hydroxylation is 2. The molecule has 0 aliphatic rings. The van der Waals surface area contributed by atoms with Gasteiger partial charge in [0.2, 0.25) is 5.88 Å². The molecule has 7 heteroatoms. The number of nitrogens with one attached hydrogen (secondary N) is 1. The van der Waals surface area contributed by atoms with Crippen LogP contribution in [0.3, 0.4) is 0 Å². The number of hydrogen-bond acceptors (Lipinski definition) is 5. The van der Waals surface area contributed by atoms with Gasteiger partial charge in [-0.15, -0.1) is 10.2 Å². The van der Waals surface area contributed by atoms with E-state index in [1.54, 1.807) is 43.3 Å². The SMILES string of the molecule is Cc1cc(C(=O)Nc2ccc(Oc3ccc(-n4cccc4)nn3)cc2)c(C)o1. The van der Waals surface area contributed by atoms with Gasteiger partial charge in [-0.3, -0.25) is 4.79 Å². The molecule has 0 atom stereocenters. The fraction of sp³-hybridized carbons (Fsp3) is 0.0952. The number of furan rings is 1. The van der Waals surface area contributed by atoms with E-state index in [2.05, 4.69) is 15.5 Å². The van der Waals surface area contributed by atoms with E-state index >= 15 is 0 Å². The van der Waals surface area contributed by atoms with Gasteiger partial charge in [-0.25, -0.2) is 0 Å². The largest absolute Gasteiger partial charge is 0.466 e. The number of carbonyl (C=O) groups excluding carboxylic acids is 1. The third-order valence-corrected chi connectivity index (χ3v) is 4.12. The molecule has 4 rings (SSSR count). The van der Waals surface area contributed by atoms with Gasteiger partial charge in [0.25, 0.3) is 5.91 Å². The van der Waals surface area contributed by atoms with Gasteiger partial charge in [-0.05, 0) is 62.4 Å². The first-order valence-electron chi connectivity index (χ1n) is 8.72. The summed E-state index contributed by atoms with van der Waals surface area (Å²) in [5, 5.41) is 11.1. The van der Waals surface area contributed by atoms with Crippen LogP contribution in [0.5, 0.6) is 11.6 Å². The molecular formula is C21H18N4O3. The molecule has 0 saturated carbocycles. The molecular weight excluding hydrogens is 356 g/mol. The molecule has 0 unspecified atom stereocenters. The second kappa shape index (κ2) is 7.40. The molecule has 0 saturated heterocycles. The van der Waals surface area contributed by atoms with Crippen LogP contribution < -0.4 is 10.1 Å². The van der Waals surface area contributed by atoms with Crippen molar-refractivity contribution in [1.29, 1.82) is 0 Å². The molecule has 1 aromatic carbocycles. The van der Waals surface area contributed by atoms with Crippen LogP contribution in [0.4, 0.5) is 5.69 Å². The molecule has 0 spiro atoms. The highest BCUT2D eigenvalue weighted by atomic mass is 16.5. The molecule has 4 aromatic rings. The lowest BCUT2D eigenvalue weighted by molar-refractivity contribution is 0.102. The number of benzene rings is 1. The van der Waals surface area contributed by atoms with Gasteiger partial charge in [0.15, 0.2) is 5.82 Å². The maximum atomic E-state index is 12.3. The van der Waals surface area contributed by atoms with Gasteiger partial charge in [0, 0.05) is 24.1 Å². The number of aromatic nitrogens is 3. The van der Waals surface area contributed by atoms with Crippen LogP contribution in [0.2, 0.25) is 0 Å². The maximum absolute atomic E-state index is 12.3. The lowest BCUT2D eigenvalue weighted by atomic mass is 10.2. The minimum atomic E-state index is -0.213. The Kier molecular flexibility index (Phi) is 4.63. The maximum Gasteiger partial charge on any atom is 0.259 e. The van der Waals surface area contributed by atoms with Crippen LogP contribution in [0, 0.1) is 13.8 Å². The zero-order valence-corrected chi connectivity index (χ0v) is 15.4. The van der Waals surface area contributed by atoms with E-state index in [0.717, 1.165) is 0 Å². The molecule has 0 bridgehead atoms. The first-order chi connectivity index (χ1) is 13.6. The molecule has 7 nitrogen and oxygen atoms in total. The molecule has 0 aliphatic heterocycles. The predicted molar refractivity (Wildman–Crippen MR) is 104 cm³/mol. The third-order valence-electron chi connectivity index (χ3n) is 4.12. The average Bonchev–Trinajstić information content (AvgIpc) is 3.33. The van der Waals surface area contributed by atoms with Crippen LogP contribution in [-0.4, -0.2) is 20.7 Å². The van der Waals surface area contributed by atoms with Crippen LogP contribution in [0.1, 0.15) is 21.9 Å². The lowest BCUT2D eigenvalue weighted by Gasteiger charge is -2.07. The Balaban J connectivity index is 1.40. The Labute approximate surface area is 161 Å². The quantitative estimate of drug-likeness (QED) is 0.555. The zero-order valence-electron chi connectivity index (χ0n) is 15.4. The lowest BCUT2D eigenvalue weighted by Crippen LogP contribution is -2.11. The second-order valence-electron chi connectivity index (χ2n) is 6.23. The minimum Gasteiger partial charge on any atom is -0.466 e. The van der Waals surface area contributed by atoms with Gasteiger partial charge in [0.1, 0.15) is 17.3 Å². The first kappa shape index (κ1) is 17.5. The molecule has 1 amide bonds. The zero-order chi connectivity index (χ0) is 19.5. The Morgan fingerprint density at radius 2 is 1.79 bits per heavy atom. The normalized spacial score (nSPS) is 10.6. The smallest absolute Gasteiger partial charge is 0.259 e. The van der Waals surface area contributed by atoms with Crippen molar-refractivity contribution >= 4 is 11.6 Å². The van der Waals surface area contributed by atoms with Crippen LogP contribution in [0.15, 0.2) is 71.4 Å². The third kappa shape index (κ3) is 3.78. The van der Waals surface area contributed by atoms with Crippen molar-refractivity contribution in [2.24, 2.45) is 0 Å². The number of carbonyl (C=O) groups is 1. The summed E-state index contributed by atoms with van der Waals surface area (Å²) < 4.78 is 13.0. The molecule has 0 aliphatic carbocycles. The highest BCUT2D eigenvalue weighted by molar-refractivity contribution is 6.05. The summed E-state index contributed by atoms with van der Waals surface area (Å²) in [6.07, 6.45) is 3.79. The van der Waals surface area contributed by atoms with Crippen LogP contribution in [-0.2, 0) is 0 Å². The summed E-state index contributed by atoms with van der Waals surface area (Å²) in [5.74, 6) is 2.77. The molecule has 0 fully saturated rings. The average molecular weight is 374 g/mol. The van der Waals surface area contributed by atoms with Gasteiger partial charge in [-0.2, -0.15) is 0 Å². The molecule has 3 heterocycles. The number of hydrogen-bond donors (Lipinski definition) is 1. The van der Waals surface area contributed by atoms with E-state index in [0.29, 0.717) is 40.2 Å². The number of nitrogens with zero attached hydrogens (tertiary/aromatic N) is 3. The Hall–Kier alpha value is -3.87. The topological polar surface area (TPSA) is 82.2 Å². The van der Waals surface area contributed by atoms with Gasteiger partial charge in [-0.1, -0.05) is 0 Å². The Morgan fingerprint density at radius 1 is 1.04 bits per heavy atom. The van der Waals surface area contributed by atoms with Crippen molar-refractivity contribution in [2.75, 3.05) is 5.32 Å². The van der Waals surface area contributed by atoms with Crippen molar-refractivity contribution in [1.82, 2.24) is 14.8 Å². The predicted octanol–water partition coefficient (Wildman–Crippen LogP) is 4.52. The van der Waals surface area contributed by atoms with E-state index < -0.39 is 0 Å². The number of ether oxygens (including phenoxy) is 1. The number of rotatable bonds is 5. The van der Waals surface area contributed by atoms with Crippen molar-refractivity contribution < 1.29 is 13.9 Å². The summed E-state index contributed by atoms with van der Waals surface area (Å²) in [5.41, 5.74) is 1.18. The van der Waals surface area contributed by atoms with Crippen molar-refractivity contribution in [3.8, 4) is 17.4 Å². The first-order valence-corrected chi connectivity index (χ1v) is 8.72. The van der Waals surface area contributed by atoms with E-state index in [4.69, 9.17) is 9.15 Å². The number of anilines is 1. The number of amides is 1. The molecule has 28 heavy (non-hydrogen) atoms. The van der Waals surface area contributed by atoms with Gasteiger partial charge in [0.05, 0.1) is 5.56 Å². The van der Waals surface area contributed by atoms with Gasteiger partial charge >= 0.3 is 0 Å². The molecule has 140 valence electrons. The monoisotopic (exact) mass is 374 g/mol. The standard InChI is InChI=1S/C21H18N4O3/c1-14-13-18(15(2)27-14)21(26)22-16-5-7-17(8-6-16)28-20-10-9-19(23-24-20)25-11-3-4-12-25/h3-13H,1-2H3,(H,22,26). The second-order valence-corrected chi connectivity index (χ2v) is 6.23. The minimum absolute atomic E-state index is 0.213. The van der Waals surface area contributed by atoms with Crippen LogP contribution >= 0.6 is 0 Å². The van der Waals surface area contributed by atoms with Crippen LogP contribution in [0.25, 0.3) is 5.82 Å². The highest BCUT2D eigenvalue weighted by Gasteiger charge is 2.13. The summed E-state index contributed by atoms with van der Waals surface area (Å²) in [7, 11) is 0. The summed E-state index contributed by atoms with van der Waals surface area (Å²) in [6, 6.07) is 16.2. The Bertz CT molecular complexity index is 1080. The fourth-order valence-corrected chi connectivity index (χ4v) is 2.77. The van der Waals surface area contributed by atoms with E-state index in [9.17, 15) is 4.79 Å². The fourth-order valence-electron chi connectivity index (χ4n) is 2.77. The molecule has 3 aromatic heterocycles. The molecule has 0 radical (unpaired) electrons. The van der Waals surface area contributed by atoms with Crippen molar-refractivity contribution in [3.05, 3.63) is 84.1 Å². The molecule has 1 N–H and O–H groups in total. The highest BCUT2D eigenvalue weighted by Crippen LogP contribution is 2.22. The van der Waals surface area contributed by atoms with Gasteiger partial charge < -0.3 is 19.0 Å². The Morgan fingerprint density at radius 3 is 2.39 bits per heavy atom.